The molecule has 0 aliphatic rings. The lowest BCUT2D eigenvalue weighted by molar-refractivity contribution is 0.627. The fraction of sp³-hybridized carbons (Fsp3) is 0.0625. The molecule has 3 N–H and O–H groups in total. The highest BCUT2D eigenvalue weighted by molar-refractivity contribution is 14.1. The van der Waals surface area contributed by atoms with E-state index in [4.69, 9.17) is 5.73 Å². The summed E-state index contributed by atoms with van der Waals surface area (Å²) in [6.07, 6.45) is 0. The van der Waals surface area contributed by atoms with Gasteiger partial charge in [-0.15, -0.1) is 0 Å². The first-order valence-corrected chi connectivity index (χ1v) is 7.50. The van der Waals surface area contributed by atoms with Gasteiger partial charge < -0.3 is 11.1 Å². The van der Waals surface area contributed by atoms with Crippen LogP contribution in [-0.4, -0.2) is 4.98 Å². The summed E-state index contributed by atoms with van der Waals surface area (Å²) in [5.74, 6) is -0.245. The topological polar surface area (TPSA) is 50.9 Å². The van der Waals surface area contributed by atoms with Crippen LogP contribution in [0.2, 0.25) is 0 Å². The molecule has 0 spiro atoms. The summed E-state index contributed by atoms with van der Waals surface area (Å²) in [5.41, 5.74) is 10.1. The third-order valence-electron chi connectivity index (χ3n) is 3.16. The second-order valence-corrected chi connectivity index (χ2v) is 6.00. The van der Waals surface area contributed by atoms with Crippen LogP contribution in [0.4, 0.5) is 21.5 Å². The van der Waals surface area contributed by atoms with Crippen molar-refractivity contribution in [1.82, 2.24) is 4.98 Å². The molecule has 0 aliphatic carbocycles. The van der Waals surface area contributed by atoms with Crippen molar-refractivity contribution in [2.24, 2.45) is 0 Å². The Morgan fingerprint density at radius 3 is 2.67 bits per heavy atom. The van der Waals surface area contributed by atoms with Crippen LogP contribution in [0.15, 0.2) is 42.5 Å². The monoisotopic (exact) mass is 393 g/mol. The average Bonchev–Trinajstić information content (AvgIpc) is 2.42. The number of nitrogen functional groups attached to an aromatic ring is 1. The van der Waals surface area contributed by atoms with Gasteiger partial charge in [-0.05, 0) is 72.0 Å². The number of fused-ring (bicyclic) bond motifs is 1. The molecule has 1 heterocycles. The van der Waals surface area contributed by atoms with Gasteiger partial charge in [-0.2, -0.15) is 0 Å². The molecule has 0 fully saturated rings. The van der Waals surface area contributed by atoms with Gasteiger partial charge in [0.2, 0.25) is 0 Å². The maximum atomic E-state index is 13.2. The number of pyridine rings is 1. The predicted molar refractivity (Wildman–Crippen MR) is 93.3 cm³/mol. The van der Waals surface area contributed by atoms with Gasteiger partial charge in [-0.3, -0.25) is 4.98 Å². The van der Waals surface area contributed by atoms with Crippen LogP contribution in [-0.2, 0) is 0 Å². The number of aromatic nitrogens is 1. The van der Waals surface area contributed by atoms with Gasteiger partial charge in [-0.25, -0.2) is 4.39 Å². The van der Waals surface area contributed by atoms with E-state index in [-0.39, 0.29) is 5.82 Å². The predicted octanol–water partition coefficient (Wildman–Crippen LogP) is 4.61. The number of halogens is 2. The Balaban J connectivity index is 2.13. The lowest BCUT2D eigenvalue weighted by Crippen LogP contribution is -1.97. The largest absolute Gasteiger partial charge is 0.399 e. The zero-order chi connectivity index (χ0) is 15.0. The molecule has 0 bridgehead atoms. The van der Waals surface area contributed by atoms with Gasteiger partial charge in [0, 0.05) is 26.0 Å². The Kier molecular flexibility index (Phi) is 3.67. The van der Waals surface area contributed by atoms with Gasteiger partial charge >= 0.3 is 0 Å². The number of benzene rings is 2. The molecule has 5 heteroatoms. The van der Waals surface area contributed by atoms with Gasteiger partial charge in [-0.1, -0.05) is 0 Å². The van der Waals surface area contributed by atoms with Crippen LogP contribution in [0.5, 0.6) is 0 Å². The number of nitrogens with one attached hydrogen (secondary N) is 1. The van der Waals surface area contributed by atoms with E-state index in [0.717, 1.165) is 31.5 Å². The molecule has 2 aromatic carbocycles. The maximum absolute atomic E-state index is 13.2. The van der Waals surface area contributed by atoms with Crippen molar-refractivity contribution in [3.05, 3.63) is 57.5 Å². The molecule has 0 radical (unpaired) electrons. The minimum absolute atomic E-state index is 0.245. The number of nitrogens with two attached hydrogens (primary N) is 1. The molecule has 106 valence electrons. The number of aryl methyl sites for hydroxylation is 1. The highest BCUT2D eigenvalue weighted by atomic mass is 127. The molecule has 3 rings (SSSR count). The normalized spacial score (nSPS) is 10.8. The van der Waals surface area contributed by atoms with Gasteiger partial charge in [0.25, 0.3) is 0 Å². The molecule has 0 atom stereocenters. The lowest BCUT2D eigenvalue weighted by atomic mass is 10.1. The van der Waals surface area contributed by atoms with Crippen LogP contribution in [0.3, 0.4) is 0 Å². The minimum Gasteiger partial charge on any atom is -0.399 e. The molecule has 0 saturated carbocycles. The summed E-state index contributed by atoms with van der Waals surface area (Å²) in [6, 6.07) is 12.2. The van der Waals surface area contributed by atoms with Gasteiger partial charge in [0.05, 0.1) is 11.2 Å². The van der Waals surface area contributed by atoms with Crippen molar-refractivity contribution in [3.8, 4) is 0 Å². The van der Waals surface area contributed by atoms with Gasteiger partial charge in [0.15, 0.2) is 0 Å². The third kappa shape index (κ3) is 2.92. The zero-order valence-electron chi connectivity index (χ0n) is 11.3. The fourth-order valence-electron chi connectivity index (χ4n) is 2.22. The van der Waals surface area contributed by atoms with E-state index in [9.17, 15) is 4.39 Å². The van der Waals surface area contributed by atoms with Crippen molar-refractivity contribution in [2.75, 3.05) is 11.1 Å². The summed E-state index contributed by atoms with van der Waals surface area (Å²) in [7, 11) is 0. The first kappa shape index (κ1) is 14.1. The number of rotatable bonds is 2. The quantitative estimate of drug-likeness (QED) is 0.494. The second-order valence-electron chi connectivity index (χ2n) is 4.84. The lowest BCUT2D eigenvalue weighted by Gasteiger charge is -2.12. The number of nitrogens with zero attached hydrogens (tertiary/aromatic N) is 1. The molecule has 0 unspecified atom stereocenters. The average molecular weight is 393 g/mol. The summed E-state index contributed by atoms with van der Waals surface area (Å²) in [6.45, 7) is 1.94. The number of hydrogen-bond acceptors (Lipinski definition) is 3. The highest BCUT2D eigenvalue weighted by Crippen LogP contribution is 2.30. The van der Waals surface area contributed by atoms with E-state index in [1.165, 1.54) is 12.1 Å². The second kappa shape index (κ2) is 5.48. The molecule has 21 heavy (non-hydrogen) atoms. The molecule has 0 saturated heterocycles. The van der Waals surface area contributed by atoms with Crippen LogP contribution in [0.25, 0.3) is 10.9 Å². The molecular formula is C16H13FIN3. The van der Waals surface area contributed by atoms with E-state index in [1.54, 1.807) is 6.07 Å². The standard InChI is InChI=1S/C16H13FIN3/c1-9-6-16(12-8-11(19)3-5-14(12)20-9)21-15-4-2-10(17)7-13(15)18/h2-8H,19H2,1H3,(H,20,21). The Morgan fingerprint density at radius 1 is 1.10 bits per heavy atom. The molecule has 3 aromatic rings. The number of anilines is 3. The molecule has 0 aliphatic heterocycles. The Bertz CT molecular complexity index is 833. The van der Waals surface area contributed by atoms with E-state index >= 15 is 0 Å². The van der Waals surface area contributed by atoms with Crippen LogP contribution >= 0.6 is 22.6 Å². The maximum Gasteiger partial charge on any atom is 0.124 e. The first-order valence-electron chi connectivity index (χ1n) is 6.42. The first-order chi connectivity index (χ1) is 10.0. The number of hydrogen-bond donors (Lipinski definition) is 2. The summed E-state index contributed by atoms with van der Waals surface area (Å²) >= 11 is 2.11. The molecular weight excluding hydrogens is 380 g/mol. The SMILES string of the molecule is Cc1cc(Nc2ccc(F)cc2I)c2cc(N)ccc2n1. The van der Waals surface area contributed by atoms with Gasteiger partial charge in [0.1, 0.15) is 5.82 Å². The molecule has 1 aromatic heterocycles. The Hall–Kier alpha value is -1.89. The fourth-order valence-corrected chi connectivity index (χ4v) is 2.83. The van der Waals surface area contributed by atoms with Crippen LogP contribution < -0.4 is 11.1 Å². The molecule has 0 amide bonds. The van der Waals surface area contributed by atoms with Crippen LogP contribution in [0, 0.1) is 16.3 Å². The Labute approximate surface area is 135 Å². The zero-order valence-corrected chi connectivity index (χ0v) is 13.5. The Morgan fingerprint density at radius 2 is 1.90 bits per heavy atom. The summed E-state index contributed by atoms with van der Waals surface area (Å²) in [5, 5.41) is 4.29. The van der Waals surface area contributed by atoms with E-state index in [2.05, 4.69) is 32.9 Å². The van der Waals surface area contributed by atoms with Crippen molar-refractivity contribution in [3.63, 3.8) is 0 Å². The van der Waals surface area contributed by atoms with Crippen molar-refractivity contribution < 1.29 is 4.39 Å². The minimum atomic E-state index is -0.245. The third-order valence-corrected chi connectivity index (χ3v) is 4.05. The smallest absolute Gasteiger partial charge is 0.124 e. The highest BCUT2D eigenvalue weighted by Gasteiger charge is 2.07. The van der Waals surface area contributed by atoms with E-state index in [0.29, 0.717) is 5.69 Å². The molecule has 3 nitrogen and oxygen atoms in total. The van der Waals surface area contributed by atoms with Crippen molar-refractivity contribution in [1.29, 1.82) is 0 Å². The van der Waals surface area contributed by atoms with E-state index < -0.39 is 0 Å². The van der Waals surface area contributed by atoms with Crippen molar-refractivity contribution in [2.45, 2.75) is 6.92 Å². The van der Waals surface area contributed by atoms with Crippen molar-refractivity contribution >= 4 is 50.6 Å². The van der Waals surface area contributed by atoms with E-state index in [1.807, 2.05) is 31.2 Å². The summed E-state index contributed by atoms with van der Waals surface area (Å²) in [4.78, 5) is 4.50. The summed E-state index contributed by atoms with van der Waals surface area (Å²) < 4.78 is 14.0. The van der Waals surface area contributed by atoms with Crippen LogP contribution in [0.1, 0.15) is 5.69 Å².